The first-order valence-corrected chi connectivity index (χ1v) is 6.54. The minimum absolute atomic E-state index is 0.00299. The van der Waals surface area contributed by atoms with E-state index < -0.39 is 11.7 Å². The Balaban J connectivity index is 2.37. The molecule has 0 unspecified atom stereocenters. The molecular formula is C14H11F3OS. The molecule has 0 spiro atoms. The molecule has 1 aromatic heterocycles. The number of ketones is 1. The highest BCUT2D eigenvalue weighted by molar-refractivity contribution is 7.17. The van der Waals surface area contributed by atoms with Crippen molar-refractivity contribution in [2.75, 3.05) is 0 Å². The molecule has 1 nitrogen and oxygen atoms in total. The van der Waals surface area contributed by atoms with Crippen molar-refractivity contribution < 1.29 is 18.0 Å². The van der Waals surface area contributed by atoms with Gasteiger partial charge in [0.2, 0.25) is 0 Å². The normalized spacial score (nSPS) is 11.6. The van der Waals surface area contributed by atoms with E-state index in [4.69, 9.17) is 0 Å². The van der Waals surface area contributed by atoms with Gasteiger partial charge in [-0.15, -0.1) is 11.3 Å². The van der Waals surface area contributed by atoms with E-state index in [1.54, 1.807) is 25.1 Å². The summed E-state index contributed by atoms with van der Waals surface area (Å²) in [4.78, 5) is 12.8. The maximum absolute atomic E-state index is 12.6. The van der Waals surface area contributed by atoms with Crippen molar-refractivity contribution in [3.05, 3.63) is 46.8 Å². The summed E-state index contributed by atoms with van der Waals surface area (Å²) in [5, 5.41) is 0. The van der Waals surface area contributed by atoms with Gasteiger partial charge < -0.3 is 0 Å². The maximum atomic E-state index is 12.6. The van der Waals surface area contributed by atoms with E-state index in [1.165, 1.54) is 17.4 Å². The van der Waals surface area contributed by atoms with Crippen molar-refractivity contribution in [2.45, 2.75) is 19.5 Å². The lowest BCUT2D eigenvalue weighted by Gasteiger charge is -2.07. The van der Waals surface area contributed by atoms with Gasteiger partial charge in [0, 0.05) is 11.3 Å². The second-order valence-electron chi connectivity index (χ2n) is 4.02. The van der Waals surface area contributed by atoms with Crippen molar-refractivity contribution in [3.8, 4) is 10.4 Å². The molecule has 0 amide bonds. The first-order valence-electron chi connectivity index (χ1n) is 5.72. The van der Waals surface area contributed by atoms with E-state index in [2.05, 4.69) is 0 Å². The van der Waals surface area contributed by atoms with Gasteiger partial charge in [0.1, 0.15) is 0 Å². The quantitative estimate of drug-likeness (QED) is 0.723. The highest BCUT2D eigenvalue weighted by Gasteiger charge is 2.30. The monoisotopic (exact) mass is 284 g/mol. The molecule has 2 aromatic rings. The number of Topliss-reactive ketones (excluding diaryl/α,β-unsaturated/α-hetero) is 1. The van der Waals surface area contributed by atoms with E-state index >= 15 is 0 Å². The fourth-order valence-corrected chi connectivity index (χ4v) is 2.68. The van der Waals surface area contributed by atoms with Crippen LogP contribution < -0.4 is 0 Å². The molecule has 2 rings (SSSR count). The zero-order valence-electron chi connectivity index (χ0n) is 10.1. The summed E-state index contributed by atoms with van der Waals surface area (Å²) in [6.07, 6.45) is -3.96. The summed E-state index contributed by atoms with van der Waals surface area (Å²) >= 11 is 1.22. The number of hydrogen-bond donors (Lipinski definition) is 0. The van der Waals surface area contributed by atoms with Gasteiger partial charge >= 0.3 is 6.18 Å². The molecule has 5 heteroatoms. The molecule has 0 radical (unpaired) electrons. The lowest BCUT2D eigenvalue weighted by molar-refractivity contribution is -0.137. The van der Waals surface area contributed by atoms with Crippen LogP contribution in [-0.2, 0) is 6.18 Å². The lowest BCUT2D eigenvalue weighted by atomic mass is 10.1. The van der Waals surface area contributed by atoms with Crippen LogP contribution in [0.5, 0.6) is 0 Å². The molecule has 1 heterocycles. The Bertz CT molecular complexity index is 599. The smallest absolute Gasteiger partial charge is 0.293 e. The van der Waals surface area contributed by atoms with Gasteiger partial charge in [-0.25, -0.2) is 0 Å². The van der Waals surface area contributed by atoms with E-state index in [9.17, 15) is 18.0 Å². The van der Waals surface area contributed by atoms with E-state index in [0.29, 0.717) is 21.7 Å². The summed E-state index contributed by atoms with van der Waals surface area (Å²) in [7, 11) is 0. The number of carbonyl (C=O) groups is 1. The molecule has 0 aliphatic rings. The number of halogens is 3. The first kappa shape index (κ1) is 13.8. The SMILES string of the molecule is CCC(=O)c1ccc(-c2cccc(C(F)(F)F)c2)s1. The minimum Gasteiger partial charge on any atom is -0.293 e. The molecule has 0 saturated carbocycles. The maximum Gasteiger partial charge on any atom is 0.416 e. The highest BCUT2D eigenvalue weighted by Crippen LogP contribution is 2.34. The van der Waals surface area contributed by atoms with Crippen molar-refractivity contribution in [1.29, 1.82) is 0 Å². The van der Waals surface area contributed by atoms with Crippen LogP contribution in [0.1, 0.15) is 28.6 Å². The van der Waals surface area contributed by atoms with Crippen molar-refractivity contribution >= 4 is 17.1 Å². The van der Waals surface area contributed by atoms with Gasteiger partial charge in [-0.3, -0.25) is 4.79 Å². The zero-order chi connectivity index (χ0) is 14.0. The fraction of sp³-hybridized carbons (Fsp3) is 0.214. The highest BCUT2D eigenvalue weighted by atomic mass is 32.1. The number of alkyl halides is 3. The van der Waals surface area contributed by atoms with Crippen LogP contribution in [0.15, 0.2) is 36.4 Å². The van der Waals surface area contributed by atoms with E-state index in [1.807, 2.05) is 0 Å². The van der Waals surface area contributed by atoms with E-state index in [-0.39, 0.29) is 5.78 Å². The number of rotatable bonds is 3. The second kappa shape index (κ2) is 5.17. The van der Waals surface area contributed by atoms with Crippen LogP contribution >= 0.6 is 11.3 Å². The molecule has 0 aliphatic heterocycles. The Hall–Kier alpha value is -1.62. The summed E-state index contributed by atoms with van der Waals surface area (Å²) in [5.41, 5.74) is -0.197. The molecular weight excluding hydrogens is 273 g/mol. The fourth-order valence-electron chi connectivity index (χ4n) is 1.67. The summed E-state index contributed by atoms with van der Waals surface area (Å²) in [5.74, 6) is 0.00299. The van der Waals surface area contributed by atoms with Crippen LogP contribution in [0.25, 0.3) is 10.4 Å². The molecule has 0 fully saturated rings. The van der Waals surface area contributed by atoms with Gasteiger partial charge in [-0.2, -0.15) is 13.2 Å². The number of benzene rings is 1. The van der Waals surface area contributed by atoms with Gasteiger partial charge in [0.15, 0.2) is 5.78 Å². The Kier molecular flexibility index (Phi) is 3.75. The van der Waals surface area contributed by atoms with Crippen LogP contribution in [0.4, 0.5) is 13.2 Å². The van der Waals surface area contributed by atoms with Crippen LogP contribution in [-0.4, -0.2) is 5.78 Å². The van der Waals surface area contributed by atoms with Gasteiger partial charge in [0.05, 0.1) is 10.4 Å². The van der Waals surface area contributed by atoms with Crippen LogP contribution in [0.2, 0.25) is 0 Å². The molecule has 0 saturated heterocycles. The van der Waals surface area contributed by atoms with Crippen molar-refractivity contribution in [2.24, 2.45) is 0 Å². The average molecular weight is 284 g/mol. The molecule has 1 aromatic carbocycles. The predicted molar refractivity (Wildman–Crippen MR) is 69.4 cm³/mol. The summed E-state index contributed by atoms with van der Waals surface area (Å²) < 4.78 is 37.9. The van der Waals surface area contributed by atoms with Crippen LogP contribution in [0.3, 0.4) is 0 Å². The standard InChI is InChI=1S/C14H11F3OS/c1-2-11(18)13-7-6-12(19-13)9-4-3-5-10(8-9)14(15,16)17/h3-8H,2H2,1H3. The van der Waals surface area contributed by atoms with Crippen LogP contribution in [0, 0.1) is 0 Å². The predicted octanol–water partition coefficient (Wildman–Crippen LogP) is 5.03. The van der Waals surface area contributed by atoms with Crippen molar-refractivity contribution in [3.63, 3.8) is 0 Å². The van der Waals surface area contributed by atoms with Gasteiger partial charge in [0.25, 0.3) is 0 Å². The van der Waals surface area contributed by atoms with Gasteiger partial charge in [-0.1, -0.05) is 19.1 Å². The molecule has 0 atom stereocenters. The van der Waals surface area contributed by atoms with Gasteiger partial charge in [-0.05, 0) is 29.8 Å². The number of thiophene rings is 1. The first-order chi connectivity index (χ1) is 8.91. The molecule has 0 N–H and O–H groups in total. The topological polar surface area (TPSA) is 17.1 Å². The molecule has 19 heavy (non-hydrogen) atoms. The summed E-state index contributed by atoms with van der Waals surface area (Å²) in [6.45, 7) is 1.76. The molecule has 0 aliphatic carbocycles. The Morgan fingerprint density at radius 2 is 1.95 bits per heavy atom. The third-order valence-electron chi connectivity index (χ3n) is 2.68. The third-order valence-corrected chi connectivity index (χ3v) is 3.85. The Morgan fingerprint density at radius 3 is 2.58 bits per heavy atom. The molecule has 0 bridgehead atoms. The number of hydrogen-bond acceptors (Lipinski definition) is 2. The largest absolute Gasteiger partial charge is 0.416 e. The van der Waals surface area contributed by atoms with Crippen molar-refractivity contribution in [1.82, 2.24) is 0 Å². The Labute approximate surface area is 112 Å². The second-order valence-corrected chi connectivity index (χ2v) is 5.10. The lowest BCUT2D eigenvalue weighted by Crippen LogP contribution is -2.04. The minimum atomic E-state index is -4.35. The molecule has 100 valence electrons. The Morgan fingerprint density at radius 1 is 1.21 bits per heavy atom. The third kappa shape index (κ3) is 3.04. The average Bonchev–Trinajstić information content (AvgIpc) is 2.86. The zero-order valence-corrected chi connectivity index (χ0v) is 10.9. The van der Waals surface area contributed by atoms with E-state index in [0.717, 1.165) is 12.1 Å². The number of carbonyl (C=O) groups excluding carboxylic acids is 1. The summed E-state index contributed by atoms with van der Waals surface area (Å²) in [6, 6.07) is 8.47.